The largest absolute Gasteiger partial charge is 0.573 e. The van der Waals surface area contributed by atoms with E-state index in [9.17, 15) is 17.6 Å². The lowest BCUT2D eigenvalue weighted by molar-refractivity contribution is -0.275. The Labute approximate surface area is 185 Å². The fourth-order valence-corrected chi connectivity index (χ4v) is 4.57. The van der Waals surface area contributed by atoms with Crippen molar-refractivity contribution < 1.29 is 27.0 Å². The minimum atomic E-state index is -4.98. The van der Waals surface area contributed by atoms with Crippen LogP contribution in [0.3, 0.4) is 0 Å². The van der Waals surface area contributed by atoms with Crippen LogP contribution in [0.2, 0.25) is 0 Å². The van der Waals surface area contributed by atoms with Crippen LogP contribution >= 0.6 is 15.9 Å². The molecule has 2 aliphatic rings. The first-order valence-corrected chi connectivity index (χ1v) is 10.4. The first-order valence-electron chi connectivity index (χ1n) is 9.60. The van der Waals surface area contributed by atoms with E-state index < -0.39 is 23.5 Å². The van der Waals surface area contributed by atoms with E-state index in [0.29, 0.717) is 30.0 Å². The zero-order valence-electron chi connectivity index (χ0n) is 16.7. The molecule has 164 valence electrons. The van der Waals surface area contributed by atoms with Crippen LogP contribution in [0.25, 0.3) is 0 Å². The van der Waals surface area contributed by atoms with Crippen LogP contribution < -0.4 is 9.47 Å². The predicted molar refractivity (Wildman–Crippen MR) is 110 cm³/mol. The minimum absolute atomic E-state index is 0.0941. The number of hydrogen-bond donors (Lipinski definition) is 0. The summed E-state index contributed by atoms with van der Waals surface area (Å²) in [6.45, 7) is 4.30. The molecule has 3 heterocycles. The number of nitrogens with zero attached hydrogens (tertiary/aromatic N) is 2. The number of alkyl halides is 3. The number of rotatable bonds is 3. The van der Waals surface area contributed by atoms with Crippen LogP contribution in [-0.4, -0.2) is 28.9 Å². The highest BCUT2D eigenvalue weighted by Crippen LogP contribution is 2.48. The molecule has 2 aliphatic heterocycles. The second kappa shape index (κ2) is 7.85. The summed E-state index contributed by atoms with van der Waals surface area (Å²) in [7, 11) is 0. The molecule has 0 N–H and O–H groups in total. The quantitative estimate of drug-likeness (QED) is 0.483. The van der Waals surface area contributed by atoms with Gasteiger partial charge in [-0.25, -0.2) is 4.39 Å². The molecule has 1 unspecified atom stereocenters. The number of fused-ring (bicyclic) bond motifs is 1. The van der Waals surface area contributed by atoms with Gasteiger partial charge in [-0.2, -0.15) is 0 Å². The summed E-state index contributed by atoms with van der Waals surface area (Å²) in [5, 5.41) is 0. The van der Waals surface area contributed by atoms with E-state index in [-0.39, 0.29) is 6.04 Å². The second-order valence-electron chi connectivity index (χ2n) is 7.48. The monoisotopic (exact) mass is 498 g/mol. The summed E-state index contributed by atoms with van der Waals surface area (Å²) in [6, 6.07) is 6.97. The lowest BCUT2D eigenvalue weighted by Crippen LogP contribution is -2.52. The summed E-state index contributed by atoms with van der Waals surface area (Å²) in [5.41, 5.74) is 1.12. The highest BCUT2D eigenvalue weighted by molar-refractivity contribution is 9.12. The van der Waals surface area contributed by atoms with E-state index in [2.05, 4.69) is 31.7 Å². The topological polar surface area (TPSA) is 34.6 Å². The maximum absolute atomic E-state index is 14.8. The van der Waals surface area contributed by atoms with Crippen LogP contribution in [0.1, 0.15) is 31.5 Å². The predicted octanol–water partition coefficient (Wildman–Crippen LogP) is 6.03. The van der Waals surface area contributed by atoms with Gasteiger partial charge in [0, 0.05) is 29.3 Å². The molecule has 0 bridgehead atoms. The van der Waals surface area contributed by atoms with Gasteiger partial charge in [0.2, 0.25) is 0 Å². The molecule has 31 heavy (non-hydrogen) atoms. The van der Waals surface area contributed by atoms with Crippen molar-refractivity contribution in [1.29, 1.82) is 0 Å². The van der Waals surface area contributed by atoms with Crippen molar-refractivity contribution in [2.45, 2.75) is 38.2 Å². The molecule has 9 heteroatoms. The van der Waals surface area contributed by atoms with Crippen molar-refractivity contribution in [2.75, 3.05) is 6.61 Å². The summed E-state index contributed by atoms with van der Waals surface area (Å²) >= 11 is 3.56. The average molecular weight is 499 g/mol. The molecule has 1 aromatic heterocycles. The lowest BCUT2D eigenvalue weighted by Gasteiger charge is -2.49. The van der Waals surface area contributed by atoms with Gasteiger partial charge in [-0.3, -0.25) is 4.98 Å². The summed E-state index contributed by atoms with van der Waals surface area (Å²) in [4.78, 5) is 6.59. The van der Waals surface area contributed by atoms with Crippen molar-refractivity contribution in [3.05, 3.63) is 75.9 Å². The van der Waals surface area contributed by atoms with Crippen molar-refractivity contribution >= 4 is 15.9 Å². The molecular formula is C22H19BrF4N2O2. The van der Waals surface area contributed by atoms with E-state index in [4.69, 9.17) is 4.74 Å². The van der Waals surface area contributed by atoms with Crippen LogP contribution in [0, 0.1) is 5.82 Å². The van der Waals surface area contributed by atoms with Gasteiger partial charge in [0.25, 0.3) is 0 Å². The molecule has 0 saturated carbocycles. The Morgan fingerprint density at radius 3 is 2.77 bits per heavy atom. The van der Waals surface area contributed by atoms with E-state index >= 15 is 0 Å². The fourth-order valence-electron chi connectivity index (χ4n) is 4.21. The first kappa shape index (κ1) is 21.7. The highest BCUT2D eigenvalue weighted by atomic mass is 79.9. The Morgan fingerprint density at radius 1 is 1.29 bits per heavy atom. The first-order chi connectivity index (χ1) is 14.6. The summed E-state index contributed by atoms with van der Waals surface area (Å²) in [5.74, 6) is -1.43. The number of halogens is 5. The Kier molecular flexibility index (Phi) is 5.49. The Balaban J connectivity index is 1.91. The lowest BCUT2D eigenvalue weighted by atomic mass is 9.78. The van der Waals surface area contributed by atoms with Gasteiger partial charge in [0.05, 0.1) is 6.61 Å². The molecule has 0 amide bonds. The number of allylic oxidation sites excluding steroid dienone is 2. The van der Waals surface area contributed by atoms with Gasteiger partial charge in [0.15, 0.2) is 11.6 Å². The van der Waals surface area contributed by atoms with E-state index in [1.165, 1.54) is 6.07 Å². The number of aromatic nitrogens is 1. The molecule has 0 radical (unpaired) electrons. The molecule has 0 spiro atoms. The van der Waals surface area contributed by atoms with Gasteiger partial charge in [0.1, 0.15) is 17.0 Å². The summed E-state index contributed by atoms with van der Waals surface area (Å²) < 4.78 is 63.1. The maximum Gasteiger partial charge on any atom is 0.573 e. The Bertz CT molecular complexity index is 1070. The van der Waals surface area contributed by atoms with Crippen molar-refractivity contribution in [3.8, 4) is 11.5 Å². The van der Waals surface area contributed by atoms with E-state index in [0.717, 1.165) is 22.2 Å². The fraction of sp³-hybridized carbons (Fsp3) is 0.318. The zero-order valence-corrected chi connectivity index (χ0v) is 18.3. The SMILES string of the molecule is CC1=C[C@H](C)N(C2(c3ccc(OC(F)(F)F)c(F)c3)CCOc3cccnc32)C=C1Br. The van der Waals surface area contributed by atoms with Crippen molar-refractivity contribution in [3.63, 3.8) is 0 Å². The summed E-state index contributed by atoms with van der Waals surface area (Å²) in [6.07, 6.45) is 1.03. The Morgan fingerprint density at radius 2 is 2.06 bits per heavy atom. The zero-order chi connectivity index (χ0) is 22.4. The minimum Gasteiger partial charge on any atom is -0.491 e. The molecular weight excluding hydrogens is 480 g/mol. The second-order valence-corrected chi connectivity index (χ2v) is 8.33. The van der Waals surface area contributed by atoms with Gasteiger partial charge >= 0.3 is 6.36 Å². The standard InChI is InChI=1S/C22H19BrF4N2O2/c1-13-10-14(2)29(12-16(13)23)21(7-9-30-19-4-3-8-28-20(19)21)15-5-6-18(17(24)11-15)31-22(25,26)27/h3-6,8,10-12,14H,7,9H2,1-2H3/t14-,21?/m0/s1. The van der Waals surface area contributed by atoms with Crippen molar-refractivity contribution in [1.82, 2.24) is 9.88 Å². The molecule has 0 saturated heterocycles. The Hall–Kier alpha value is -2.55. The number of pyridine rings is 1. The molecule has 2 aromatic rings. The van der Waals surface area contributed by atoms with Gasteiger partial charge in [-0.15, -0.1) is 13.2 Å². The van der Waals surface area contributed by atoms with Crippen molar-refractivity contribution in [2.24, 2.45) is 0 Å². The van der Waals surface area contributed by atoms with Gasteiger partial charge < -0.3 is 14.4 Å². The van der Waals surface area contributed by atoms with Crippen LogP contribution in [0.15, 0.2) is 58.9 Å². The van der Waals surface area contributed by atoms with Crippen LogP contribution in [-0.2, 0) is 5.54 Å². The third kappa shape index (κ3) is 3.91. The third-order valence-corrected chi connectivity index (χ3v) is 6.35. The smallest absolute Gasteiger partial charge is 0.491 e. The highest BCUT2D eigenvalue weighted by Gasteiger charge is 2.47. The van der Waals surface area contributed by atoms with Gasteiger partial charge in [-0.05, 0) is 65.2 Å². The number of ether oxygens (including phenoxy) is 2. The number of benzene rings is 1. The number of hydrogen-bond acceptors (Lipinski definition) is 4. The molecule has 4 rings (SSSR count). The van der Waals surface area contributed by atoms with Crippen LogP contribution in [0.5, 0.6) is 11.5 Å². The molecule has 4 nitrogen and oxygen atoms in total. The molecule has 2 atom stereocenters. The normalized spacial score (nSPS) is 23.5. The van der Waals surface area contributed by atoms with E-state index in [1.54, 1.807) is 18.3 Å². The maximum atomic E-state index is 14.8. The molecule has 1 aromatic carbocycles. The third-order valence-electron chi connectivity index (χ3n) is 5.52. The molecule has 0 aliphatic carbocycles. The average Bonchev–Trinajstić information content (AvgIpc) is 2.71. The van der Waals surface area contributed by atoms with E-state index in [1.807, 2.05) is 24.9 Å². The van der Waals surface area contributed by atoms with Crippen LogP contribution in [0.4, 0.5) is 17.6 Å². The molecule has 0 fully saturated rings. The van der Waals surface area contributed by atoms with Gasteiger partial charge in [-0.1, -0.05) is 12.1 Å².